The number of nitrogens with zero attached hydrogens (tertiary/aromatic N) is 3. The Morgan fingerprint density at radius 2 is 2.26 bits per heavy atom. The Bertz CT molecular complexity index is 629. The summed E-state index contributed by atoms with van der Waals surface area (Å²) in [6.45, 7) is 1.98. The first-order chi connectivity index (χ1) is 8.99. The van der Waals surface area contributed by atoms with Crippen molar-refractivity contribution in [3.05, 3.63) is 28.2 Å². The second kappa shape index (κ2) is 5.62. The topological polar surface area (TPSA) is 94.0 Å². The zero-order chi connectivity index (χ0) is 14.0. The first-order valence-corrected chi connectivity index (χ1v) is 7.08. The van der Waals surface area contributed by atoms with Crippen molar-refractivity contribution in [3.63, 3.8) is 0 Å². The highest BCUT2D eigenvalue weighted by Gasteiger charge is 2.13. The van der Waals surface area contributed by atoms with E-state index in [0.717, 1.165) is 27.4 Å². The number of rotatable bonds is 4. The molecule has 6 nitrogen and oxygen atoms in total. The Kier molecular flexibility index (Phi) is 4.11. The summed E-state index contributed by atoms with van der Waals surface area (Å²) in [4.78, 5) is 10.5. The van der Waals surface area contributed by atoms with E-state index in [-0.39, 0.29) is 5.75 Å². The molecule has 0 aliphatic heterocycles. The van der Waals surface area contributed by atoms with E-state index in [4.69, 9.17) is 10.9 Å². The number of nitrogen functional groups attached to an aromatic ring is 1. The molecule has 8 heteroatoms. The van der Waals surface area contributed by atoms with Gasteiger partial charge in [-0.15, -0.1) is 10.2 Å². The average Bonchev–Trinajstić information content (AvgIpc) is 2.72. The van der Waals surface area contributed by atoms with Crippen molar-refractivity contribution in [1.82, 2.24) is 14.9 Å². The quantitative estimate of drug-likeness (QED) is 0.651. The molecule has 2 rings (SSSR count). The number of aromatic nitrogens is 3. The third-order valence-corrected chi connectivity index (χ3v) is 4.20. The number of hydrogen-bond acceptors (Lipinski definition) is 5. The number of benzene rings is 1. The highest BCUT2D eigenvalue weighted by atomic mass is 79.9. The van der Waals surface area contributed by atoms with E-state index in [2.05, 4.69) is 26.1 Å². The van der Waals surface area contributed by atoms with E-state index in [0.29, 0.717) is 11.0 Å². The van der Waals surface area contributed by atoms with Gasteiger partial charge in [-0.25, -0.2) is 4.68 Å². The molecule has 0 radical (unpaired) electrons. The minimum Gasteiger partial charge on any atom is -0.481 e. The maximum absolute atomic E-state index is 10.5. The Balaban J connectivity index is 2.30. The molecular weight excluding hydrogens is 332 g/mol. The number of carboxylic acids is 1. The van der Waals surface area contributed by atoms with Gasteiger partial charge in [0.05, 0.1) is 5.75 Å². The number of halogens is 1. The van der Waals surface area contributed by atoms with E-state index in [1.165, 1.54) is 4.68 Å². The summed E-state index contributed by atoms with van der Waals surface area (Å²) in [5.41, 5.74) is 1.92. The molecule has 0 fully saturated rings. The predicted molar refractivity (Wildman–Crippen MR) is 76.4 cm³/mol. The zero-order valence-electron chi connectivity index (χ0n) is 10.00. The van der Waals surface area contributed by atoms with Crippen LogP contribution in [-0.4, -0.2) is 31.7 Å². The molecule has 2 aromatic rings. The van der Waals surface area contributed by atoms with Crippen LogP contribution >= 0.6 is 27.7 Å². The van der Waals surface area contributed by atoms with Crippen LogP contribution in [0.15, 0.2) is 27.8 Å². The van der Waals surface area contributed by atoms with E-state index < -0.39 is 5.97 Å². The third kappa shape index (κ3) is 3.07. The van der Waals surface area contributed by atoms with Gasteiger partial charge in [0.25, 0.3) is 0 Å². The van der Waals surface area contributed by atoms with E-state index in [9.17, 15) is 4.79 Å². The third-order valence-electron chi connectivity index (χ3n) is 2.42. The Hall–Kier alpha value is -1.54. The van der Waals surface area contributed by atoms with Crippen molar-refractivity contribution in [2.45, 2.75) is 12.1 Å². The fourth-order valence-corrected chi connectivity index (χ4v) is 2.39. The fraction of sp³-hybridized carbons (Fsp3) is 0.182. The van der Waals surface area contributed by atoms with Crippen LogP contribution in [-0.2, 0) is 4.79 Å². The minimum absolute atomic E-state index is 0.104. The number of aryl methyl sites for hydroxylation is 1. The molecule has 3 N–H and O–H groups in total. The first kappa shape index (κ1) is 13.9. The summed E-state index contributed by atoms with van der Waals surface area (Å²) < 4.78 is 2.25. The molecule has 0 atom stereocenters. The minimum atomic E-state index is -0.923. The van der Waals surface area contributed by atoms with Crippen molar-refractivity contribution >= 4 is 33.7 Å². The number of carbonyl (C=O) groups is 1. The van der Waals surface area contributed by atoms with Gasteiger partial charge in [0, 0.05) is 10.0 Å². The summed E-state index contributed by atoms with van der Waals surface area (Å²) >= 11 is 4.47. The van der Waals surface area contributed by atoms with Crippen molar-refractivity contribution in [1.29, 1.82) is 0 Å². The van der Waals surface area contributed by atoms with Crippen LogP contribution in [0.1, 0.15) is 5.56 Å². The standard InChI is InChI=1S/C11H11BrN4O2S/c1-6-2-3-7(4-8(6)12)10-14-15-11(16(10)13)19-5-9(17)18/h2-4H,5,13H2,1H3,(H,17,18). The van der Waals surface area contributed by atoms with Crippen LogP contribution in [0.5, 0.6) is 0 Å². The van der Waals surface area contributed by atoms with Gasteiger partial charge in [0.1, 0.15) is 0 Å². The maximum atomic E-state index is 10.5. The summed E-state index contributed by atoms with van der Waals surface area (Å²) in [6, 6.07) is 5.73. The van der Waals surface area contributed by atoms with Crippen molar-refractivity contribution < 1.29 is 9.90 Å². The average molecular weight is 343 g/mol. The SMILES string of the molecule is Cc1ccc(-c2nnc(SCC(=O)O)n2N)cc1Br. The summed E-state index contributed by atoms with van der Waals surface area (Å²) in [5.74, 6) is 5.34. The van der Waals surface area contributed by atoms with Gasteiger partial charge in [0.15, 0.2) is 5.82 Å². The molecule has 100 valence electrons. The highest BCUT2D eigenvalue weighted by Crippen LogP contribution is 2.25. The van der Waals surface area contributed by atoms with Gasteiger partial charge < -0.3 is 10.9 Å². The van der Waals surface area contributed by atoms with E-state index in [1.54, 1.807) is 0 Å². The number of hydrogen-bond donors (Lipinski definition) is 2. The van der Waals surface area contributed by atoms with Crippen molar-refractivity contribution in [2.24, 2.45) is 0 Å². The number of thioether (sulfide) groups is 1. The van der Waals surface area contributed by atoms with Crippen LogP contribution in [0.25, 0.3) is 11.4 Å². The highest BCUT2D eigenvalue weighted by molar-refractivity contribution is 9.10. The van der Waals surface area contributed by atoms with Crippen molar-refractivity contribution in [3.8, 4) is 11.4 Å². The molecule has 0 aliphatic rings. The maximum Gasteiger partial charge on any atom is 0.313 e. The lowest BCUT2D eigenvalue weighted by Gasteiger charge is -2.04. The predicted octanol–water partition coefficient (Wildman–Crippen LogP) is 1.91. The fourth-order valence-electron chi connectivity index (χ4n) is 1.43. The zero-order valence-corrected chi connectivity index (χ0v) is 12.4. The van der Waals surface area contributed by atoms with Gasteiger partial charge in [0.2, 0.25) is 5.16 Å². The van der Waals surface area contributed by atoms with Crippen LogP contribution in [0.3, 0.4) is 0 Å². The van der Waals surface area contributed by atoms with E-state index in [1.807, 2.05) is 25.1 Å². The van der Waals surface area contributed by atoms with Crippen LogP contribution in [0.4, 0.5) is 0 Å². The molecule has 0 unspecified atom stereocenters. The lowest BCUT2D eigenvalue weighted by Crippen LogP contribution is -2.12. The van der Waals surface area contributed by atoms with Gasteiger partial charge >= 0.3 is 5.97 Å². The molecule has 0 aliphatic carbocycles. The van der Waals surface area contributed by atoms with Crippen LogP contribution < -0.4 is 5.84 Å². The smallest absolute Gasteiger partial charge is 0.313 e. The first-order valence-electron chi connectivity index (χ1n) is 5.30. The van der Waals surface area contributed by atoms with Crippen LogP contribution in [0, 0.1) is 6.92 Å². The number of nitrogens with two attached hydrogens (primary N) is 1. The lowest BCUT2D eigenvalue weighted by molar-refractivity contribution is -0.133. The Labute approximate surface area is 122 Å². The lowest BCUT2D eigenvalue weighted by atomic mass is 10.1. The number of carboxylic acid groups (broad SMARTS) is 1. The molecular formula is C11H11BrN4O2S. The second-order valence-corrected chi connectivity index (χ2v) is 5.62. The summed E-state index contributed by atoms with van der Waals surface area (Å²) in [6.07, 6.45) is 0. The molecule has 19 heavy (non-hydrogen) atoms. The van der Waals surface area contributed by atoms with Gasteiger partial charge in [-0.2, -0.15) is 0 Å². The van der Waals surface area contributed by atoms with Gasteiger partial charge in [-0.1, -0.05) is 39.8 Å². The summed E-state index contributed by atoms with van der Waals surface area (Å²) in [7, 11) is 0. The molecule has 0 spiro atoms. The molecule has 0 bridgehead atoms. The van der Waals surface area contributed by atoms with Crippen LogP contribution in [0.2, 0.25) is 0 Å². The summed E-state index contributed by atoms with van der Waals surface area (Å²) in [5, 5.41) is 16.9. The van der Waals surface area contributed by atoms with E-state index >= 15 is 0 Å². The molecule has 0 saturated heterocycles. The Morgan fingerprint density at radius 3 is 2.89 bits per heavy atom. The van der Waals surface area contributed by atoms with Gasteiger partial charge in [-0.05, 0) is 18.6 Å². The number of aliphatic carboxylic acids is 1. The molecule has 1 aromatic carbocycles. The monoisotopic (exact) mass is 342 g/mol. The van der Waals surface area contributed by atoms with Gasteiger partial charge in [-0.3, -0.25) is 4.79 Å². The molecule has 1 aromatic heterocycles. The molecule has 0 amide bonds. The van der Waals surface area contributed by atoms with Crippen molar-refractivity contribution in [2.75, 3.05) is 11.6 Å². The largest absolute Gasteiger partial charge is 0.481 e. The normalized spacial score (nSPS) is 10.6. The second-order valence-electron chi connectivity index (χ2n) is 3.82. The molecule has 1 heterocycles. The molecule has 0 saturated carbocycles. The Morgan fingerprint density at radius 1 is 1.53 bits per heavy atom.